The second-order valence-corrected chi connectivity index (χ2v) is 9.07. The van der Waals surface area contributed by atoms with Crippen molar-refractivity contribution in [2.45, 2.75) is 17.4 Å². The zero-order valence-electron chi connectivity index (χ0n) is 16.2. The number of hydrogen-bond donors (Lipinski definition) is 3. The Morgan fingerprint density at radius 1 is 1.06 bits per heavy atom. The summed E-state index contributed by atoms with van der Waals surface area (Å²) in [6, 6.07) is 15.7. The van der Waals surface area contributed by atoms with E-state index in [9.17, 15) is 13.2 Å². The third kappa shape index (κ3) is 4.93. The second-order valence-electron chi connectivity index (χ2n) is 6.92. The van der Waals surface area contributed by atoms with E-state index in [1.807, 2.05) is 24.3 Å². The molecule has 0 saturated carbocycles. The van der Waals surface area contributed by atoms with Crippen LogP contribution in [0, 0.1) is 0 Å². The van der Waals surface area contributed by atoms with Crippen LogP contribution in [0.3, 0.4) is 0 Å². The van der Waals surface area contributed by atoms with E-state index in [2.05, 4.69) is 20.0 Å². The van der Waals surface area contributed by atoms with Gasteiger partial charge in [0.25, 0.3) is 0 Å². The first-order valence-electron chi connectivity index (χ1n) is 9.46. The number of sulfonamides is 1. The number of rotatable bonds is 7. The van der Waals surface area contributed by atoms with Crippen molar-refractivity contribution in [2.75, 3.05) is 5.32 Å². The minimum atomic E-state index is -3.97. The highest BCUT2D eigenvalue weighted by molar-refractivity contribution is 7.89. The lowest BCUT2D eigenvalue weighted by Crippen LogP contribution is -2.45. The van der Waals surface area contributed by atoms with E-state index in [-0.39, 0.29) is 11.3 Å². The summed E-state index contributed by atoms with van der Waals surface area (Å²) in [6.07, 6.45) is 5.02. The standard InChI is InChI=1S/C22H19ClN4O3S/c23-16-7-9-18(10-8-16)31(29,30)27-21(22(28)26-17-4-3-11-24-14-17)12-15-13-25-20-6-2-1-5-19(15)20/h1-11,13-14,21,25,27H,12H2,(H,26,28)/t21-/m1/s1. The number of carbonyl (C=O) groups excluding carboxylic acids is 1. The molecule has 1 atom stereocenters. The molecule has 0 bridgehead atoms. The van der Waals surface area contributed by atoms with Crippen LogP contribution >= 0.6 is 11.6 Å². The lowest BCUT2D eigenvalue weighted by Gasteiger charge is -2.18. The highest BCUT2D eigenvalue weighted by Gasteiger charge is 2.27. The number of hydrogen-bond acceptors (Lipinski definition) is 4. The Morgan fingerprint density at radius 3 is 2.58 bits per heavy atom. The highest BCUT2D eigenvalue weighted by Crippen LogP contribution is 2.21. The van der Waals surface area contributed by atoms with Crippen molar-refractivity contribution in [3.05, 3.63) is 89.8 Å². The third-order valence-corrected chi connectivity index (χ3v) is 6.51. The normalized spacial score (nSPS) is 12.5. The van der Waals surface area contributed by atoms with Crippen LogP contribution in [0.5, 0.6) is 0 Å². The summed E-state index contributed by atoms with van der Waals surface area (Å²) in [4.78, 5) is 20.2. The fourth-order valence-electron chi connectivity index (χ4n) is 3.24. The van der Waals surface area contributed by atoms with Crippen LogP contribution in [-0.4, -0.2) is 30.3 Å². The Hall–Kier alpha value is -3.20. The summed E-state index contributed by atoms with van der Waals surface area (Å²) in [5, 5.41) is 4.07. The van der Waals surface area contributed by atoms with E-state index in [1.165, 1.54) is 30.5 Å². The van der Waals surface area contributed by atoms with Gasteiger partial charge in [-0.2, -0.15) is 4.72 Å². The number of amides is 1. The zero-order chi connectivity index (χ0) is 21.8. The van der Waals surface area contributed by atoms with Crippen LogP contribution in [0.2, 0.25) is 5.02 Å². The number of pyridine rings is 1. The molecule has 0 spiro atoms. The van der Waals surface area contributed by atoms with Crippen molar-refractivity contribution < 1.29 is 13.2 Å². The van der Waals surface area contributed by atoms with Gasteiger partial charge in [-0.15, -0.1) is 0 Å². The summed E-state index contributed by atoms with van der Waals surface area (Å²) in [6.45, 7) is 0. The maximum atomic E-state index is 13.0. The molecule has 1 amide bonds. The van der Waals surface area contributed by atoms with Crippen molar-refractivity contribution in [3.63, 3.8) is 0 Å². The van der Waals surface area contributed by atoms with Gasteiger partial charge < -0.3 is 10.3 Å². The molecule has 2 aromatic heterocycles. The molecule has 158 valence electrons. The number of nitrogens with one attached hydrogen (secondary N) is 3. The number of benzene rings is 2. The minimum Gasteiger partial charge on any atom is -0.361 e. The van der Waals surface area contributed by atoms with Gasteiger partial charge in [-0.3, -0.25) is 9.78 Å². The second kappa shape index (κ2) is 8.89. The fourth-order valence-corrected chi connectivity index (χ4v) is 4.56. The van der Waals surface area contributed by atoms with Gasteiger partial charge in [0.1, 0.15) is 6.04 Å². The predicted molar refractivity (Wildman–Crippen MR) is 120 cm³/mol. The van der Waals surface area contributed by atoms with Gasteiger partial charge in [0, 0.05) is 28.3 Å². The first kappa shape index (κ1) is 21.0. The molecule has 0 aliphatic rings. The molecule has 0 unspecified atom stereocenters. The molecule has 31 heavy (non-hydrogen) atoms. The van der Waals surface area contributed by atoms with Crippen LogP contribution < -0.4 is 10.0 Å². The molecule has 0 radical (unpaired) electrons. The number of carbonyl (C=O) groups is 1. The Balaban J connectivity index is 1.64. The van der Waals surface area contributed by atoms with Crippen molar-refractivity contribution in [3.8, 4) is 0 Å². The monoisotopic (exact) mass is 454 g/mol. The predicted octanol–water partition coefficient (Wildman–Crippen LogP) is 3.74. The Morgan fingerprint density at radius 2 is 1.84 bits per heavy atom. The fraction of sp³-hybridized carbons (Fsp3) is 0.0909. The molecule has 3 N–H and O–H groups in total. The van der Waals surface area contributed by atoms with Gasteiger partial charge >= 0.3 is 0 Å². The lowest BCUT2D eigenvalue weighted by molar-refractivity contribution is -0.117. The van der Waals surface area contributed by atoms with Gasteiger partial charge in [-0.1, -0.05) is 29.8 Å². The SMILES string of the molecule is O=C(Nc1cccnc1)[C@@H](Cc1c[nH]c2ccccc12)NS(=O)(=O)c1ccc(Cl)cc1. The van der Waals surface area contributed by atoms with Crippen molar-refractivity contribution in [1.82, 2.24) is 14.7 Å². The van der Waals surface area contributed by atoms with E-state index < -0.39 is 22.0 Å². The molecule has 9 heteroatoms. The van der Waals surface area contributed by atoms with Crippen LogP contribution in [0.1, 0.15) is 5.56 Å². The number of aromatic nitrogens is 2. The number of nitrogens with zero attached hydrogens (tertiary/aromatic N) is 1. The van der Waals surface area contributed by atoms with E-state index in [1.54, 1.807) is 24.5 Å². The summed E-state index contributed by atoms with van der Waals surface area (Å²) in [7, 11) is -3.97. The lowest BCUT2D eigenvalue weighted by atomic mass is 10.1. The topological polar surface area (TPSA) is 104 Å². The number of anilines is 1. The number of H-pyrrole nitrogens is 1. The molecule has 2 aromatic carbocycles. The molecule has 0 aliphatic heterocycles. The molecular formula is C22H19ClN4O3S. The summed E-state index contributed by atoms with van der Waals surface area (Å²) >= 11 is 5.87. The molecule has 4 rings (SSSR count). The largest absolute Gasteiger partial charge is 0.361 e. The van der Waals surface area contributed by atoms with Crippen molar-refractivity contribution in [2.24, 2.45) is 0 Å². The number of fused-ring (bicyclic) bond motifs is 1. The Labute approximate surface area is 184 Å². The highest BCUT2D eigenvalue weighted by atomic mass is 35.5. The van der Waals surface area contributed by atoms with Crippen LogP contribution in [0.4, 0.5) is 5.69 Å². The van der Waals surface area contributed by atoms with E-state index in [0.717, 1.165) is 16.5 Å². The smallest absolute Gasteiger partial charge is 0.242 e. The van der Waals surface area contributed by atoms with Gasteiger partial charge in [0.2, 0.25) is 15.9 Å². The Bertz CT molecular complexity index is 1310. The molecule has 0 saturated heterocycles. The number of aromatic amines is 1. The maximum Gasteiger partial charge on any atom is 0.242 e. The van der Waals surface area contributed by atoms with Gasteiger partial charge in [-0.25, -0.2) is 8.42 Å². The van der Waals surface area contributed by atoms with E-state index >= 15 is 0 Å². The van der Waals surface area contributed by atoms with Crippen LogP contribution in [0.15, 0.2) is 84.1 Å². The molecular weight excluding hydrogens is 436 g/mol. The Kier molecular flexibility index (Phi) is 6.03. The van der Waals surface area contributed by atoms with Crippen LogP contribution in [-0.2, 0) is 21.2 Å². The van der Waals surface area contributed by atoms with Crippen molar-refractivity contribution in [1.29, 1.82) is 0 Å². The van der Waals surface area contributed by atoms with Gasteiger partial charge in [0.05, 0.1) is 16.8 Å². The molecule has 2 heterocycles. The average molecular weight is 455 g/mol. The summed E-state index contributed by atoms with van der Waals surface area (Å²) < 4.78 is 28.4. The molecule has 0 fully saturated rings. The molecule has 7 nitrogen and oxygen atoms in total. The van der Waals surface area contributed by atoms with Crippen molar-refractivity contribution >= 4 is 44.1 Å². The summed E-state index contributed by atoms with van der Waals surface area (Å²) in [5.74, 6) is -0.490. The summed E-state index contributed by atoms with van der Waals surface area (Å²) in [5.41, 5.74) is 2.20. The minimum absolute atomic E-state index is 0.0232. The van der Waals surface area contributed by atoms with E-state index in [4.69, 9.17) is 11.6 Å². The first-order valence-corrected chi connectivity index (χ1v) is 11.3. The van der Waals surface area contributed by atoms with Gasteiger partial charge in [-0.05, 0) is 54.4 Å². The quantitative estimate of drug-likeness (QED) is 0.395. The van der Waals surface area contributed by atoms with E-state index in [0.29, 0.717) is 10.7 Å². The van der Waals surface area contributed by atoms with Crippen LogP contribution in [0.25, 0.3) is 10.9 Å². The van der Waals surface area contributed by atoms with Gasteiger partial charge in [0.15, 0.2) is 0 Å². The number of halogens is 1. The molecule has 4 aromatic rings. The average Bonchev–Trinajstić information content (AvgIpc) is 3.17. The molecule has 0 aliphatic carbocycles. The zero-order valence-corrected chi connectivity index (χ0v) is 17.8. The number of para-hydroxylation sites is 1. The maximum absolute atomic E-state index is 13.0. The third-order valence-electron chi connectivity index (χ3n) is 4.77. The first-order chi connectivity index (χ1) is 14.9.